The van der Waals surface area contributed by atoms with Gasteiger partial charge in [0.15, 0.2) is 5.65 Å². The number of aromatic nitrogens is 3. The van der Waals surface area contributed by atoms with Crippen LogP contribution in [0.3, 0.4) is 0 Å². The van der Waals surface area contributed by atoms with Crippen molar-refractivity contribution in [1.29, 1.82) is 0 Å². The lowest BCUT2D eigenvalue weighted by Crippen LogP contribution is -2.32. The molecule has 0 saturated heterocycles. The van der Waals surface area contributed by atoms with Crippen molar-refractivity contribution in [2.45, 2.75) is 33.1 Å². The maximum absolute atomic E-state index is 12.3. The lowest BCUT2D eigenvalue weighted by atomic mass is 9.85. The molecule has 0 bridgehead atoms. The molecule has 5 nitrogen and oxygen atoms in total. The summed E-state index contributed by atoms with van der Waals surface area (Å²) in [6, 6.07) is 1.91. The summed E-state index contributed by atoms with van der Waals surface area (Å²) in [6.07, 6.45) is 3.76. The summed E-state index contributed by atoms with van der Waals surface area (Å²) in [6.45, 7) is 4.59. The third kappa shape index (κ3) is 2.17. The van der Waals surface area contributed by atoms with E-state index in [9.17, 15) is 4.79 Å². The van der Waals surface area contributed by atoms with E-state index in [4.69, 9.17) is 0 Å². The molecule has 20 heavy (non-hydrogen) atoms. The van der Waals surface area contributed by atoms with Crippen molar-refractivity contribution >= 4 is 16.9 Å². The zero-order valence-corrected chi connectivity index (χ0v) is 12.2. The third-order valence-corrected chi connectivity index (χ3v) is 4.21. The van der Waals surface area contributed by atoms with Crippen molar-refractivity contribution in [1.82, 2.24) is 20.1 Å². The fourth-order valence-electron chi connectivity index (χ4n) is 2.69. The first-order valence-electron chi connectivity index (χ1n) is 7.15. The lowest BCUT2D eigenvalue weighted by molar-refractivity contribution is 0.0938. The molecular formula is C15H20N4O. The Balaban J connectivity index is 1.87. The molecule has 2 aromatic heterocycles. The van der Waals surface area contributed by atoms with Crippen LogP contribution in [0.25, 0.3) is 11.0 Å². The Morgan fingerprint density at radius 3 is 2.80 bits per heavy atom. The van der Waals surface area contributed by atoms with Crippen molar-refractivity contribution in [3.63, 3.8) is 0 Å². The summed E-state index contributed by atoms with van der Waals surface area (Å²) >= 11 is 0. The first-order chi connectivity index (χ1) is 9.56. The first-order valence-corrected chi connectivity index (χ1v) is 7.15. The molecule has 0 aromatic carbocycles. The van der Waals surface area contributed by atoms with Crippen LogP contribution in [0.2, 0.25) is 0 Å². The molecule has 0 atom stereocenters. The van der Waals surface area contributed by atoms with Crippen LogP contribution in [-0.4, -0.2) is 27.2 Å². The van der Waals surface area contributed by atoms with Crippen LogP contribution in [0.1, 0.15) is 41.0 Å². The average Bonchev–Trinajstić information content (AvgIpc) is 2.61. The van der Waals surface area contributed by atoms with E-state index >= 15 is 0 Å². The van der Waals surface area contributed by atoms with E-state index in [1.54, 1.807) is 4.68 Å². The Labute approximate surface area is 118 Å². The van der Waals surface area contributed by atoms with Crippen LogP contribution < -0.4 is 5.32 Å². The van der Waals surface area contributed by atoms with Gasteiger partial charge in [0.25, 0.3) is 5.91 Å². The Morgan fingerprint density at radius 1 is 1.40 bits per heavy atom. The number of fused-ring (bicyclic) bond motifs is 1. The van der Waals surface area contributed by atoms with Gasteiger partial charge in [0.05, 0.1) is 17.0 Å². The fraction of sp³-hybridized carbons (Fsp3) is 0.533. The second-order valence-corrected chi connectivity index (χ2v) is 5.71. The molecule has 2 aromatic rings. The molecule has 3 rings (SSSR count). The number of hydrogen-bond donors (Lipinski definition) is 1. The number of carbonyl (C=O) groups is 1. The Kier molecular flexibility index (Phi) is 3.20. The molecule has 1 fully saturated rings. The van der Waals surface area contributed by atoms with Crippen LogP contribution in [-0.2, 0) is 7.05 Å². The van der Waals surface area contributed by atoms with Gasteiger partial charge in [0, 0.05) is 19.0 Å². The summed E-state index contributed by atoms with van der Waals surface area (Å²) in [7, 11) is 1.87. The van der Waals surface area contributed by atoms with E-state index in [0.29, 0.717) is 11.5 Å². The van der Waals surface area contributed by atoms with Gasteiger partial charge in [-0.15, -0.1) is 0 Å². The maximum atomic E-state index is 12.3. The van der Waals surface area contributed by atoms with E-state index in [2.05, 4.69) is 15.4 Å². The van der Waals surface area contributed by atoms with Crippen LogP contribution >= 0.6 is 0 Å². The van der Waals surface area contributed by atoms with E-state index in [0.717, 1.165) is 29.0 Å². The van der Waals surface area contributed by atoms with Crippen LogP contribution in [0.4, 0.5) is 0 Å². The number of amides is 1. The second-order valence-electron chi connectivity index (χ2n) is 5.71. The lowest BCUT2D eigenvalue weighted by Gasteiger charge is -2.25. The van der Waals surface area contributed by atoms with Crippen molar-refractivity contribution < 1.29 is 4.79 Å². The van der Waals surface area contributed by atoms with Gasteiger partial charge in [-0.05, 0) is 38.7 Å². The minimum absolute atomic E-state index is 0.0212. The van der Waals surface area contributed by atoms with Gasteiger partial charge >= 0.3 is 0 Å². The minimum atomic E-state index is -0.0212. The van der Waals surface area contributed by atoms with Crippen LogP contribution in [0, 0.1) is 19.8 Å². The van der Waals surface area contributed by atoms with Gasteiger partial charge in [-0.1, -0.05) is 6.42 Å². The van der Waals surface area contributed by atoms with Crippen molar-refractivity contribution in [3.8, 4) is 0 Å². The number of rotatable bonds is 3. The maximum Gasteiger partial charge on any atom is 0.253 e. The topological polar surface area (TPSA) is 59.8 Å². The molecule has 1 aliphatic carbocycles. The molecule has 1 aliphatic rings. The highest BCUT2D eigenvalue weighted by Gasteiger charge is 2.20. The summed E-state index contributed by atoms with van der Waals surface area (Å²) in [4.78, 5) is 16.8. The van der Waals surface area contributed by atoms with E-state index < -0.39 is 0 Å². The van der Waals surface area contributed by atoms with Crippen molar-refractivity contribution in [2.75, 3.05) is 6.54 Å². The Bertz CT molecular complexity index is 670. The highest BCUT2D eigenvalue weighted by Crippen LogP contribution is 2.25. The standard InChI is InChI=1S/C15H20N4O/c1-9-13(15(20)16-8-11-5-4-6-11)7-12-10(2)18-19(3)14(12)17-9/h7,11H,4-6,8H2,1-3H3,(H,16,20). The third-order valence-electron chi connectivity index (χ3n) is 4.21. The summed E-state index contributed by atoms with van der Waals surface area (Å²) in [5.74, 6) is 0.642. The monoisotopic (exact) mass is 272 g/mol. The number of hydrogen-bond acceptors (Lipinski definition) is 3. The molecule has 0 radical (unpaired) electrons. The van der Waals surface area contributed by atoms with Crippen molar-refractivity contribution in [3.05, 3.63) is 23.0 Å². The van der Waals surface area contributed by atoms with Gasteiger partial charge in [-0.25, -0.2) is 4.98 Å². The van der Waals surface area contributed by atoms with Gasteiger partial charge < -0.3 is 5.32 Å². The van der Waals surface area contributed by atoms with Gasteiger partial charge in [-0.3, -0.25) is 9.48 Å². The highest BCUT2D eigenvalue weighted by molar-refractivity contribution is 5.98. The molecule has 106 valence electrons. The van der Waals surface area contributed by atoms with Crippen LogP contribution in [0.15, 0.2) is 6.07 Å². The summed E-state index contributed by atoms with van der Waals surface area (Å²) in [5, 5.41) is 8.33. The van der Waals surface area contributed by atoms with Crippen molar-refractivity contribution in [2.24, 2.45) is 13.0 Å². The summed E-state index contributed by atoms with van der Waals surface area (Å²) in [5.41, 5.74) is 3.15. The zero-order chi connectivity index (χ0) is 14.3. The smallest absolute Gasteiger partial charge is 0.253 e. The molecule has 2 heterocycles. The predicted octanol–water partition coefficient (Wildman–Crippen LogP) is 2.12. The molecular weight excluding hydrogens is 252 g/mol. The molecule has 0 spiro atoms. The number of nitrogens with zero attached hydrogens (tertiary/aromatic N) is 3. The van der Waals surface area contributed by atoms with Gasteiger partial charge in [-0.2, -0.15) is 5.10 Å². The van der Waals surface area contributed by atoms with E-state index in [1.807, 2.05) is 27.0 Å². The summed E-state index contributed by atoms with van der Waals surface area (Å²) < 4.78 is 1.76. The normalized spacial score (nSPS) is 15.3. The molecule has 0 aliphatic heterocycles. The van der Waals surface area contributed by atoms with Crippen LogP contribution in [0.5, 0.6) is 0 Å². The number of carbonyl (C=O) groups excluding carboxylic acids is 1. The predicted molar refractivity (Wildman–Crippen MR) is 77.7 cm³/mol. The highest BCUT2D eigenvalue weighted by atomic mass is 16.1. The van der Waals surface area contributed by atoms with Gasteiger partial charge in [0.2, 0.25) is 0 Å². The Morgan fingerprint density at radius 2 is 2.15 bits per heavy atom. The first kappa shape index (κ1) is 13.1. The van der Waals surface area contributed by atoms with Gasteiger partial charge in [0.1, 0.15) is 0 Å². The van der Waals surface area contributed by atoms with E-state index in [1.165, 1.54) is 19.3 Å². The molecule has 5 heteroatoms. The number of pyridine rings is 1. The fourth-order valence-corrected chi connectivity index (χ4v) is 2.69. The number of aryl methyl sites for hydroxylation is 3. The Hall–Kier alpha value is -1.91. The molecule has 1 amide bonds. The molecule has 0 unspecified atom stereocenters. The second kappa shape index (κ2) is 4.89. The number of nitrogens with one attached hydrogen (secondary N) is 1. The average molecular weight is 272 g/mol. The molecule has 1 saturated carbocycles. The molecule has 1 N–H and O–H groups in total. The SMILES string of the molecule is Cc1nc2c(cc1C(=O)NCC1CCC1)c(C)nn2C. The largest absolute Gasteiger partial charge is 0.352 e. The zero-order valence-electron chi connectivity index (χ0n) is 12.2. The van der Waals surface area contributed by atoms with E-state index in [-0.39, 0.29) is 5.91 Å². The quantitative estimate of drug-likeness (QED) is 0.931. The minimum Gasteiger partial charge on any atom is -0.352 e.